The van der Waals surface area contributed by atoms with Gasteiger partial charge in [0.2, 0.25) is 5.91 Å². The summed E-state index contributed by atoms with van der Waals surface area (Å²) >= 11 is 0. The smallest absolute Gasteiger partial charge is 0.359 e. The Balaban J connectivity index is 2.10. The van der Waals surface area contributed by atoms with Gasteiger partial charge in [0.15, 0.2) is 11.7 Å². The molecule has 0 aliphatic heterocycles. The molecule has 0 fully saturated rings. The first-order chi connectivity index (χ1) is 14.1. The van der Waals surface area contributed by atoms with Crippen LogP contribution in [-0.4, -0.2) is 42.6 Å². The number of amides is 1. The third-order valence-corrected chi connectivity index (χ3v) is 4.18. The number of hydrogen-bond acceptors (Lipinski definition) is 4. The van der Waals surface area contributed by atoms with E-state index in [1.165, 1.54) is 11.0 Å². The summed E-state index contributed by atoms with van der Waals surface area (Å²) in [5.41, 5.74) is 0.472. The van der Waals surface area contributed by atoms with E-state index in [0.717, 1.165) is 17.8 Å². The Morgan fingerprint density at radius 3 is 2.57 bits per heavy atom. The van der Waals surface area contributed by atoms with Gasteiger partial charge in [-0.3, -0.25) is 4.79 Å². The highest BCUT2D eigenvalue weighted by molar-refractivity contribution is 5.86. The number of nitrogens with one attached hydrogen (secondary N) is 2. The number of aliphatic imine (C=N–C) groups is 1. The van der Waals surface area contributed by atoms with Gasteiger partial charge in [-0.15, -0.1) is 0 Å². The number of carbonyl (C=O) groups excluding carboxylic acids is 1. The molecule has 10 heteroatoms. The number of halogens is 3. The third-order valence-electron chi connectivity index (χ3n) is 4.18. The van der Waals surface area contributed by atoms with E-state index in [-0.39, 0.29) is 37.4 Å². The molecule has 0 spiro atoms. The van der Waals surface area contributed by atoms with Crippen molar-refractivity contribution in [2.45, 2.75) is 39.0 Å². The quantitative estimate of drug-likeness (QED) is 0.526. The largest absolute Gasteiger partial charge is 0.416 e. The Morgan fingerprint density at radius 2 is 1.97 bits per heavy atom. The van der Waals surface area contributed by atoms with E-state index in [1.54, 1.807) is 20.2 Å². The first-order valence-electron chi connectivity index (χ1n) is 9.40. The van der Waals surface area contributed by atoms with Gasteiger partial charge in [-0.05, 0) is 23.6 Å². The lowest BCUT2D eigenvalue weighted by Crippen LogP contribution is -2.42. The predicted molar refractivity (Wildman–Crippen MR) is 107 cm³/mol. The van der Waals surface area contributed by atoms with Crippen molar-refractivity contribution in [2.75, 3.05) is 20.6 Å². The number of carbonyl (C=O) groups is 1. The fourth-order valence-corrected chi connectivity index (χ4v) is 2.36. The van der Waals surface area contributed by atoms with Crippen LogP contribution in [0.2, 0.25) is 0 Å². The Bertz CT molecular complexity index is 875. The number of hydrogen-bond donors (Lipinski definition) is 2. The van der Waals surface area contributed by atoms with Crippen LogP contribution in [0.3, 0.4) is 0 Å². The maximum absolute atomic E-state index is 12.9. The molecule has 1 heterocycles. The van der Waals surface area contributed by atoms with E-state index in [1.807, 2.05) is 19.9 Å². The number of benzene rings is 1. The van der Waals surface area contributed by atoms with E-state index in [9.17, 15) is 18.0 Å². The van der Waals surface area contributed by atoms with Gasteiger partial charge in [0, 0.05) is 20.2 Å². The zero-order chi connectivity index (χ0) is 22.3. The van der Waals surface area contributed by atoms with Crippen LogP contribution in [-0.2, 0) is 24.1 Å². The molecule has 0 radical (unpaired) electrons. The highest BCUT2D eigenvalue weighted by atomic mass is 19.4. The van der Waals surface area contributed by atoms with Crippen molar-refractivity contribution in [3.05, 3.63) is 52.9 Å². The van der Waals surface area contributed by atoms with E-state index in [0.29, 0.717) is 11.3 Å². The minimum Gasteiger partial charge on any atom is -0.359 e. The second-order valence-electron chi connectivity index (χ2n) is 7.23. The highest BCUT2D eigenvalue weighted by Crippen LogP contribution is 2.29. The van der Waals surface area contributed by atoms with Crippen molar-refractivity contribution in [2.24, 2.45) is 4.99 Å². The molecule has 0 saturated heterocycles. The lowest BCUT2D eigenvalue weighted by molar-refractivity contribution is -0.137. The average molecular weight is 425 g/mol. The summed E-state index contributed by atoms with van der Waals surface area (Å²) in [6, 6.07) is 6.78. The lowest BCUT2D eigenvalue weighted by atomic mass is 10.1. The normalized spacial score (nSPS) is 12.2. The second kappa shape index (κ2) is 10.1. The number of aromatic nitrogens is 1. The van der Waals surface area contributed by atoms with Gasteiger partial charge in [-0.25, -0.2) is 4.99 Å². The molecule has 0 unspecified atom stereocenters. The van der Waals surface area contributed by atoms with E-state index >= 15 is 0 Å². The molecule has 0 atom stereocenters. The van der Waals surface area contributed by atoms with Crippen LogP contribution in [0.4, 0.5) is 13.2 Å². The third kappa shape index (κ3) is 7.09. The summed E-state index contributed by atoms with van der Waals surface area (Å²) in [6.07, 6.45) is -4.42. The van der Waals surface area contributed by atoms with E-state index in [2.05, 4.69) is 20.8 Å². The molecule has 0 aliphatic carbocycles. The van der Waals surface area contributed by atoms with Gasteiger partial charge in [-0.1, -0.05) is 31.1 Å². The monoisotopic (exact) mass is 425 g/mol. The minimum atomic E-state index is -4.42. The number of nitrogens with zero attached hydrogens (tertiary/aromatic N) is 3. The van der Waals surface area contributed by atoms with Crippen molar-refractivity contribution < 1.29 is 22.5 Å². The summed E-state index contributed by atoms with van der Waals surface area (Å²) in [6.45, 7) is 4.22. The van der Waals surface area contributed by atoms with Crippen LogP contribution >= 0.6 is 0 Å². The Labute approximate surface area is 173 Å². The Kier molecular flexibility index (Phi) is 7.85. The van der Waals surface area contributed by atoms with Gasteiger partial charge in [-0.2, -0.15) is 13.2 Å². The molecule has 1 amide bonds. The van der Waals surface area contributed by atoms with Crippen LogP contribution in [0, 0.1) is 0 Å². The molecule has 1 aromatic heterocycles. The summed E-state index contributed by atoms with van der Waals surface area (Å²) in [7, 11) is 3.25. The molecule has 0 saturated carbocycles. The molecule has 2 aromatic rings. The standard InChI is InChI=1S/C20H26F3N5O2/c1-13(2)17-9-16(30-27-17)11-25-19(26-12-18(29)28(3)4)24-10-14-6-5-7-15(8-14)20(21,22)23/h5-9,13H,10-12H2,1-4H3,(H2,24,25,26). The number of guanidine groups is 1. The van der Waals surface area contributed by atoms with Gasteiger partial charge < -0.3 is 20.1 Å². The van der Waals surface area contributed by atoms with Gasteiger partial charge in [0.25, 0.3) is 0 Å². The first kappa shape index (κ1) is 23.2. The molecule has 2 N–H and O–H groups in total. The van der Waals surface area contributed by atoms with E-state index < -0.39 is 11.7 Å². The fraction of sp³-hybridized carbons (Fsp3) is 0.450. The Hall–Kier alpha value is -3.04. The number of rotatable bonds is 7. The number of alkyl halides is 3. The zero-order valence-electron chi connectivity index (χ0n) is 17.4. The SMILES string of the molecule is CC(C)c1cc(CNC(=NCc2cccc(C(F)(F)F)c2)NCC(=O)N(C)C)on1. The van der Waals surface area contributed by atoms with Crippen molar-refractivity contribution in [3.8, 4) is 0 Å². The molecule has 0 aliphatic rings. The van der Waals surface area contributed by atoms with Gasteiger partial charge >= 0.3 is 6.18 Å². The van der Waals surface area contributed by atoms with Gasteiger partial charge in [0.05, 0.1) is 30.9 Å². The molecule has 0 bridgehead atoms. The Morgan fingerprint density at radius 1 is 1.23 bits per heavy atom. The summed E-state index contributed by atoms with van der Waals surface area (Å²) in [5.74, 6) is 0.883. The summed E-state index contributed by atoms with van der Waals surface area (Å²) in [4.78, 5) is 17.6. The van der Waals surface area contributed by atoms with Crippen molar-refractivity contribution >= 4 is 11.9 Å². The maximum atomic E-state index is 12.9. The molecule has 2 rings (SSSR count). The molecule has 1 aromatic carbocycles. The van der Waals surface area contributed by atoms with Gasteiger partial charge in [0.1, 0.15) is 0 Å². The fourth-order valence-electron chi connectivity index (χ4n) is 2.36. The molecule has 30 heavy (non-hydrogen) atoms. The highest BCUT2D eigenvalue weighted by Gasteiger charge is 2.30. The molecular weight excluding hydrogens is 399 g/mol. The van der Waals surface area contributed by atoms with Crippen LogP contribution in [0.1, 0.15) is 42.3 Å². The lowest BCUT2D eigenvalue weighted by Gasteiger charge is -2.14. The minimum absolute atomic E-state index is 0.00303. The van der Waals surface area contributed by atoms with Crippen LogP contribution in [0.25, 0.3) is 0 Å². The topological polar surface area (TPSA) is 82.8 Å². The van der Waals surface area contributed by atoms with Crippen LogP contribution < -0.4 is 10.6 Å². The van der Waals surface area contributed by atoms with Crippen LogP contribution in [0.5, 0.6) is 0 Å². The molecule has 7 nitrogen and oxygen atoms in total. The maximum Gasteiger partial charge on any atom is 0.416 e. The van der Waals surface area contributed by atoms with Crippen LogP contribution in [0.15, 0.2) is 39.8 Å². The van der Waals surface area contributed by atoms with Crippen molar-refractivity contribution in [1.82, 2.24) is 20.7 Å². The van der Waals surface area contributed by atoms with Crippen molar-refractivity contribution in [3.63, 3.8) is 0 Å². The summed E-state index contributed by atoms with van der Waals surface area (Å²) in [5, 5.41) is 9.86. The van der Waals surface area contributed by atoms with E-state index in [4.69, 9.17) is 4.52 Å². The second-order valence-corrected chi connectivity index (χ2v) is 7.23. The summed E-state index contributed by atoms with van der Waals surface area (Å²) < 4.78 is 44.0. The molecule has 164 valence electrons. The molecular formula is C20H26F3N5O2. The predicted octanol–water partition coefficient (Wildman–Crippen LogP) is 3.14. The van der Waals surface area contributed by atoms with Crippen molar-refractivity contribution in [1.29, 1.82) is 0 Å². The first-order valence-corrected chi connectivity index (χ1v) is 9.40. The zero-order valence-corrected chi connectivity index (χ0v) is 17.4. The average Bonchev–Trinajstić information content (AvgIpc) is 3.16. The number of likely N-dealkylation sites (N-methyl/N-ethyl adjacent to an activating group) is 1.